The van der Waals surface area contributed by atoms with E-state index in [1.807, 2.05) is 0 Å². The summed E-state index contributed by atoms with van der Waals surface area (Å²) in [5, 5.41) is 2.70. The minimum atomic E-state index is -0.478. The highest BCUT2D eigenvalue weighted by atomic mass is 19.1. The Morgan fingerprint density at radius 1 is 1.12 bits per heavy atom. The number of nitrogens with one attached hydrogen (secondary N) is 1. The molecule has 1 aromatic heterocycles. The Morgan fingerprint density at radius 2 is 1.73 bits per heavy atom. The fraction of sp³-hybridized carbons (Fsp3) is 0.158. The van der Waals surface area contributed by atoms with E-state index in [4.69, 9.17) is 9.15 Å². The van der Waals surface area contributed by atoms with Crippen LogP contribution in [-0.2, 0) is 4.79 Å². The Balaban J connectivity index is 1.55. The van der Waals surface area contributed by atoms with Crippen molar-refractivity contribution in [2.75, 3.05) is 6.61 Å². The first-order valence-electron chi connectivity index (χ1n) is 7.90. The molecule has 1 atom stereocenters. The SMILES string of the molecule is CC(NC(=O)COc1ccc(F)cc1)c1ncc(-c2ccc(F)cc2)o1. The van der Waals surface area contributed by atoms with Crippen LogP contribution in [0.15, 0.2) is 59.1 Å². The summed E-state index contributed by atoms with van der Waals surface area (Å²) in [4.78, 5) is 16.1. The Morgan fingerprint density at radius 3 is 2.38 bits per heavy atom. The van der Waals surface area contributed by atoms with Crippen LogP contribution < -0.4 is 10.1 Å². The molecule has 0 saturated carbocycles. The van der Waals surface area contributed by atoms with Gasteiger partial charge in [-0.1, -0.05) is 0 Å². The number of hydrogen-bond acceptors (Lipinski definition) is 4. The lowest BCUT2D eigenvalue weighted by Crippen LogP contribution is -2.31. The Kier molecular flexibility index (Phi) is 5.26. The lowest BCUT2D eigenvalue weighted by molar-refractivity contribution is -0.123. The average molecular weight is 358 g/mol. The second-order valence-electron chi connectivity index (χ2n) is 5.60. The van der Waals surface area contributed by atoms with Gasteiger partial charge in [-0.15, -0.1) is 0 Å². The van der Waals surface area contributed by atoms with E-state index in [-0.39, 0.29) is 24.1 Å². The monoisotopic (exact) mass is 358 g/mol. The standard InChI is InChI=1S/C19H16F2N2O3/c1-12(23-18(24)11-25-16-8-6-15(21)7-9-16)19-22-10-17(26-19)13-2-4-14(20)5-3-13/h2-10,12H,11H2,1H3,(H,23,24). The summed E-state index contributed by atoms with van der Waals surface area (Å²) in [5.41, 5.74) is 0.684. The number of aromatic nitrogens is 1. The second kappa shape index (κ2) is 7.77. The number of oxazole rings is 1. The third kappa shape index (κ3) is 4.44. The fourth-order valence-electron chi connectivity index (χ4n) is 2.26. The van der Waals surface area contributed by atoms with Gasteiger partial charge in [-0.3, -0.25) is 4.79 Å². The van der Waals surface area contributed by atoms with E-state index < -0.39 is 6.04 Å². The van der Waals surface area contributed by atoms with Gasteiger partial charge >= 0.3 is 0 Å². The summed E-state index contributed by atoms with van der Waals surface area (Å²) < 4.78 is 36.7. The number of hydrogen-bond donors (Lipinski definition) is 1. The predicted octanol–water partition coefficient (Wildman–Crippen LogP) is 3.88. The van der Waals surface area contributed by atoms with Crippen molar-refractivity contribution in [1.82, 2.24) is 10.3 Å². The molecule has 0 bridgehead atoms. The molecule has 0 aliphatic heterocycles. The van der Waals surface area contributed by atoms with E-state index >= 15 is 0 Å². The van der Waals surface area contributed by atoms with Crippen molar-refractivity contribution in [2.45, 2.75) is 13.0 Å². The quantitative estimate of drug-likeness (QED) is 0.726. The van der Waals surface area contributed by atoms with Gasteiger partial charge in [0.15, 0.2) is 12.4 Å². The van der Waals surface area contributed by atoms with Gasteiger partial charge in [0.05, 0.1) is 6.20 Å². The van der Waals surface area contributed by atoms with Gasteiger partial charge < -0.3 is 14.5 Å². The van der Waals surface area contributed by atoms with E-state index in [2.05, 4.69) is 10.3 Å². The molecule has 1 unspecified atom stereocenters. The number of carbonyl (C=O) groups is 1. The molecular weight excluding hydrogens is 342 g/mol. The fourth-order valence-corrected chi connectivity index (χ4v) is 2.26. The number of nitrogens with zero attached hydrogens (tertiary/aromatic N) is 1. The number of benzene rings is 2. The van der Waals surface area contributed by atoms with E-state index in [0.717, 1.165) is 0 Å². The van der Waals surface area contributed by atoms with Gasteiger partial charge in [0, 0.05) is 5.56 Å². The average Bonchev–Trinajstić information content (AvgIpc) is 3.12. The molecular formula is C19H16F2N2O3. The summed E-state index contributed by atoms with van der Waals surface area (Å²) in [6.07, 6.45) is 1.51. The number of amides is 1. The molecule has 0 spiro atoms. The smallest absolute Gasteiger partial charge is 0.258 e. The molecule has 134 valence electrons. The zero-order valence-corrected chi connectivity index (χ0v) is 13.9. The number of rotatable bonds is 6. The largest absolute Gasteiger partial charge is 0.484 e. The van der Waals surface area contributed by atoms with Crippen LogP contribution in [0.25, 0.3) is 11.3 Å². The van der Waals surface area contributed by atoms with Crippen LogP contribution in [0.5, 0.6) is 5.75 Å². The first kappa shape index (κ1) is 17.6. The molecule has 1 N–H and O–H groups in total. The van der Waals surface area contributed by atoms with Gasteiger partial charge in [0.2, 0.25) is 5.89 Å². The Labute approximate surface area is 148 Å². The summed E-state index contributed by atoms with van der Waals surface area (Å²) in [6, 6.07) is 10.7. The topological polar surface area (TPSA) is 64.4 Å². The van der Waals surface area contributed by atoms with Crippen LogP contribution in [0, 0.1) is 11.6 Å². The van der Waals surface area contributed by atoms with Gasteiger partial charge in [-0.05, 0) is 55.5 Å². The first-order chi connectivity index (χ1) is 12.5. The van der Waals surface area contributed by atoms with Crippen molar-refractivity contribution in [3.63, 3.8) is 0 Å². The molecule has 0 aliphatic carbocycles. The van der Waals surface area contributed by atoms with Crippen LogP contribution in [0.3, 0.4) is 0 Å². The zero-order chi connectivity index (χ0) is 18.5. The lowest BCUT2D eigenvalue weighted by atomic mass is 10.2. The van der Waals surface area contributed by atoms with Gasteiger partial charge in [0.1, 0.15) is 23.4 Å². The molecule has 0 aliphatic rings. The van der Waals surface area contributed by atoms with Crippen molar-refractivity contribution in [3.05, 3.63) is 72.3 Å². The first-order valence-corrected chi connectivity index (χ1v) is 7.90. The molecule has 0 saturated heterocycles. The minimum absolute atomic E-state index is 0.221. The van der Waals surface area contributed by atoms with Gasteiger partial charge in [0.25, 0.3) is 5.91 Å². The molecule has 1 heterocycles. The Bertz CT molecular complexity index is 877. The highest BCUT2D eigenvalue weighted by Gasteiger charge is 2.16. The second-order valence-corrected chi connectivity index (χ2v) is 5.60. The van der Waals surface area contributed by atoms with E-state index in [0.29, 0.717) is 23.0 Å². The molecule has 5 nitrogen and oxygen atoms in total. The zero-order valence-electron chi connectivity index (χ0n) is 13.9. The maximum atomic E-state index is 13.0. The third-order valence-corrected chi connectivity index (χ3v) is 3.58. The predicted molar refractivity (Wildman–Crippen MR) is 90.3 cm³/mol. The van der Waals surface area contributed by atoms with E-state index in [9.17, 15) is 13.6 Å². The maximum Gasteiger partial charge on any atom is 0.258 e. The van der Waals surface area contributed by atoms with Gasteiger partial charge in [-0.2, -0.15) is 0 Å². The Hall–Kier alpha value is -3.22. The van der Waals surface area contributed by atoms with Crippen LogP contribution in [0.2, 0.25) is 0 Å². The molecule has 3 rings (SSSR count). The maximum absolute atomic E-state index is 13.0. The van der Waals surface area contributed by atoms with Crippen LogP contribution in [-0.4, -0.2) is 17.5 Å². The van der Waals surface area contributed by atoms with E-state index in [1.54, 1.807) is 19.1 Å². The number of ether oxygens (including phenoxy) is 1. The van der Waals surface area contributed by atoms with Crippen molar-refractivity contribution < 1.29 is 22.7 Å². The van der Waals surface area contributed by atoms with Crippen molar-refractivity contribution >= 4 is 5.91 Å². The van der Waals surface area contributed by atoms with Crippen LogP contribution in [0.4, 0.5) is 8.78 Å². The number of carbonyl (C=O) groups excluding carboxylic acids is 1. The van der Waals surface area contributed by atoms with E-state index in [1.165, 1.54) is 42.6 Å². The van der Waals surface area contributed by atoms with Crippen molar-refractivity contribution in [1.29, 1.82) is 0 Å². The van der Waals surface area contributed by atoms with Crippen LogP contribution >= 0.6 is 0 Å². The molecule has 0 radical (unpaired) electrons. The summed E-state index contributed by atoms with van der Waals surface area (Å²) in [7, 11) is 0. The molecule has 1 amide bonds. The lowest BCUT2D eigenvalue weighted by Gasteiger charge is -2.11. The molecule has 2 aromatic carbocycles. The molecule has 3 aromatic rings. The normalized spacial score (nSPS) is 11.8. The molecule has 26 heavy (non-hydrogen) atoms. The van der Waals surface area contributed by atoms with Crippen LogP contribution in [0.1, 0.15) is 18.9 Å². The van der Waals surface area contributed by atoms with Crippen molar-refractivity contribution in [3.8, 4) is 17.1 Å². The summed E-state index contributed by atoms with van der Waals surface area (Å²) in [5.74, 6) is 0.0990. The van der Waals surface area contributed by atoms with Crippen molar-refractivity contribution in [2.24, 2.45) is 0 Å². The molecule has 0 fully saturated rings. The summed E-state index contributed by atoms with van der Waals surface area (Å²) in [6.45, 7) is 1.50. The summed E-state index contributed by atoms with van der Waals surface area (Å²) >= 11 is 0. The highest BCUT2D eigenvalue weighted by Crippen LogP contribution is 2.23. The minimum Gasteiger partial charge on any atom is -0.484 e. The molecule has 7 heteroatoms. The highest BCUT2D eigenvalue weighted by molar-refractivity contribution is 5.77. The number of halogens is 2. The van der Waals surface area contributed by atoms with Gasteiger partial charge in [-0.25, -0.2) is 13.8 Å². The third-order valence-electron chi connectivity index (χ3n) is 3.58.